The topological polar surface area (TPSA) is 38.8 Å². The van der Waals surface area contributed by atoms with Gasteiger partial charge in [-0.05, 0) is 62.1 Å². The first kappa shape index (κ1) is 22.1. The molecule has 0 N–H and O–H groups in total. The van der Waals surface area contributed by atoms with Crippen molar-refractivity contribution >= 4 is 14.3 Å². The van der Waals surface area contributed by atoms with E-state index in [4.69, 9.17) is 9.16 Å². The van der Waals surface area contributed by atoms with Gasteiger partial charge in [-0.2, -0.15) is 0 Å². The summed E-state index contributed by atoms with van der Waals surface area (Å²) in [5.74, 6) is -0.00477. The number of nitrogens with zero attached hydrogens (tertiary/aromatic N) is 1. The fourth-order valence-electron chi connectivity index (χ4n) is 3.32. The summed E-state index contributed by atoms with van der Waals surface area (Å²) < 4.78 is 11.3. The highest BCUT2D eigenvalue weighted by Gasteiger charge is 2.37. The molecule has 152 valence electrons. The first-order valence-electron chi connectivity index (χ1n) is 10.1. The molecule has 0 bridgehead atoms. The van der Waals surface area contributed by atoms with Gasteiger partial charge in [0.25, 0.3) is 0 Å². The minimum atomic E-state index is -1.74. The standard InChI is InChI=1S/C22H37NO3Si/c1-17(23-13-11-19(12-14-23)21(24)25-5)20-10-8-9-18(15-20)16-26-27(6,7)22(2,3)4/h8-10,15,17,19H,11-14,16H2,1-7H3/t17-/m1/s1. The summed E-state index contributed by atoms with van der Waals surface area (Å²) in [6.45, 7) is 16.2. The second kappa shape index (κ2) is 8.89. The number of piperidine rings is 1. The van der Waals surface area contributed by atoms with E-state index >= 15 is 0 Å². The third-order valence-electron chi connectivity index (χ3n) is 6.45. The summed E-state index contributed by atoms with van der Waals surface area (Å²) in [5.41, 5.74) is 2.57. The van der Waals surface area contributed by atoms with Crippen LogP contribution in [0, 0.1) is 5.92 Å². The van der Waals surface area contributed by atoms with Crippen LogP contribution in [-0.2, 0) is 20.6 Å². The van der Waals surface area contributed by atoms with Gasteiger partial charge >= 0.3 is 5.97 Å². The largest absolute Gasteiger partial charge is 0.469 e. The fourth-order valence-corrected chi connectivity index (χ4v) is 4.28. The average molecular weight is 392 g/mol. The molecule has 1 saturated heterocycles. The molecule has 1 fully saturated rings. The molecule has 2 rings (SSSR count). The molecule has 0 radical (unpaired) electrons. The number of esters is 1. The predicted octanol–water partition coefficient (Wildman–Crippen LogP) is 5.15. The van der Waals surface area contributed by atoms with Gasteiger partial charge in [-0.3, -0.25) is 9.69 Å². The quantitative estimate of drug-likeness (QED) is 0.496. The van der Waals surface area contributed by atoms with Crippen molar-refractivity contribution in [1.82, 2.24) is 4.90 Å². The van der Waals surface area contributed by atoms with Crippen LogP contribution < -0.4 is 0 Å². The van der Waals surface area contributed by atoms with Gasteiger partial charge in [-0.25, -0.2) is 0 Å². The van der Waals surface area contributed by atoms with Crippen LogP contribution in [0.5, 0.6) is 0 Å². The maximum atomic E-state index is 11.7. The number of hydrogen-bond acceptors (Lipinski definition) is 4. The SMILES string of the molecule is COC(=O)C1CCN([C@H](C)c2cccc(CO[Si](C)(C)C(C)(C)C)c2)CC1. The Morgan fingerprint density at radius 1 is 1.26 bits per heavy atom. The molecule has 5 heteroatoms. The van der Waals surface area contributed by atoms with Crippen molar-refractivity contribution < 1.29 is 14.0 Å². The summed E-state index contributed by atoms with van der Waals surface area (Å²) in [7, 11) is -0.260. The van der Waals surface area contributed by atoms with E-state index in [2.05, 4.69) is 70.0 Å². The van der Waals surface area contributed by atoms with E-state index in [0.29, 0.717) is 12.6 Å². The number of carbonyl (C=O) groups is 1. The number of hydrogen-bond donors (Lipinski definition) is 0. The van der Waals surface area contributed by atoms with Crippen molar-refractivity contribution in [2.75, 3.05) is 20.2 Å². The van der Waals surface area contributed by atoms with Crippen LogP contribution in [0.3, 0.4) is 0 Å². The van der Waals surface area contributed by atoms with E-state index in [1.54, 1.807) is 0 Å². The predicted molar refractivity (Wildman–Crippen MR) is 113 cm³/mol. The molecule has 0 spiro atoms. The van der Waals surface area contributed by atoms with Crippen LogP contribution in [-0.4, -0.2) is 39.4 Å². The molecule has 0 aromatic heterocycles. The molecule has 4 nitrogen and oxygen atoms in total. The number of rotatable bonds is 6. The van der Waals surface area contributed by atoms with E-state index in [1.807, 2.05) is 0 Å². The number of methoxy groups -OCH3 is 1. The fraction of sp³-hybridized carbons (Fsp3) is 0.682. The van der Waals surface area contributed by atoms with E-state index in [-0.39, 0.29) is 16.9 Å². The zero-order valence-corrected chi connectivity index (χ0v) is 19.2. The van der Waals surface area contributed by atoms with Crippen molar-refractivity contribution in [3.8, 4) is 0 Å². The van der Waals surface area contributed by atoms with Crippen LogP contribution in [0.1, 0.15) is 57.7 Å². The Morgan fingerprint density at radius 2 is 1.89 bits per heavy atom. The number of likely N-dealkylation sites (tertiary alicyclic amines) is 1. The van der Waals surface area contributed by atoms with Gasteiger partial charge in [0, 0.05) is 6.04 Å². The molecule has 27 heavy (non-hydrogen) atoms. The zero-order chi connectivity index (χ0) is 20.2. The molecule has 0 saturated carbocycles. The number of ether oxygens (including phenoxy) is 1. The van der Waals surface area contributed by atoms with Crippen molar-refractivity contribution in [1.29, 1.82) is 0 Å². The molecule has 0 amide bonds. The lowest BCUT2D eigenvalue weighted by molar-refractivity contribution is -0.147. The summed E-state index contributed by atoms with van der Waals surface area (Å²) in [6, 6.07) is 9.12. The lowest BCUT2D eigenvalue weighted by Crippen LogP contribution is -2.40. The summed E-state index contributed by atoms with van der Waals surface area (Å²) in [6.07, 6.45) is 1.76. The van der Waals surface area contributed by atoms with Gasteiger partial charge in [0.05, 0.1) is 19.6 Å². The van der Waals surface area contributed by atoms with Gasteiger partial charge in [-0.1, -0.05) is 45.0 Å². The van der Waals surface area contributed by atoms with Crippen LogP contribution in [0.25, 0.3) is 0 Å². The maximum absolute atomic E-state index is 11.7. The van der Waals surface area contributed by atoms with Crippen molar-refractivity contribution in [2.45, 2.75) is 71.3 Å². The molecule has 1 aromatic rings. The van der Waals surface area contributed by atoms with Crippen LogP contribution in [0.2, 0.25) is 18.1 Å². The molecular formula is C22H37NO3Si. The Morgan fingerprint density at radius 3 is 2.44 bits per heavy atom. The van der Waals surface area contributed by atoms with E-state index in [0.717, 1.165) is 25.9 Å². The Bertz CT molecular complexity index is 631. The van der Waals surface area contributed by atoms with E-state index in [9.17, 15) is 4.79 Å². The van der Waals surface area contributed by atoms with Gasteiger partial charge in [0.2, 0.25) is 0 Å². The first-order valence-corrected chi connectivity index (χ1v) is 13.0. The minimum absolute atomic E-state index is 0.0581. The maximum Gasteiger partial charge on any atom is 0.308 e. The highest BCUT2D eigenvalue weighted by atomic mass is 28.4. The van der Waals surface area contributed by atoms with E-state index in [1.165, 1.54) is 18.2 Å². The average Bonchev–Trinajstić information content (AvgIpc) is 2.64. The molecule has 0 aliphatic carbocycles. The van der Waals surface area contributed by atoms with Crippen LogP contribution in [0.15, 0.2) is 24.3 Å². The normalized spacial score (nSPS) is 18.3. The van der Waals surface area contributed by atoms with Gasteiger partial charge < -0.3 is 9.16 Å². The smallest absolute Gasteiger partial charge is 0.308 e. The minimum Gasteiger partial charge on any atom is -0.469 e. The second-order valence-electron chi connectivity index (χ2n) is 9.30. The number of benzene rings is 1. The Labute approximate surface area is 166 Å². The molecular weight excluding hydrogens is 354 g/mol. The third kappa shape index (κ3) is 5.66. The molecule has 1 aromatic carbocycles. The van der Waals surface area contributed by atoms with Gasteiger partial charge in [-0.15, -0.1) is 0 Å². The Hall–Kier alpha value is -1.17. The van der Waals surface area contributed by atoms with Crippen LogP contribution in [0.4, 0.5) is 0 Å². The molecule has 1 aliphatic heterocycles. The van der Waals surface area contributed by atoms with Crippen molar-refractivity contribution in [3.05, 3.63) is 35.4 Å². The monoisotopic (exact) mass is 391 g/mol. The molecule has 0 unspecified atom stereocenters. The Balaban J connectivity index is 1.98. The molecule has 1 aliphatic rings. The third-order valence-corrected chi connectivity index (χ3v) is 10.9. The van der Waals surface area contributed by atoms with Gasteiger partial charge in [0.15, 0.2) is 8.32 Å². The lowest BCUT2D eigenvalue weighted by Gasteiger charge is -2.36. The summed E-state index contributed by atoms with van der Waals surface area (Å²) in [4.78, 5) is 14.2. The van der Waals surface area contributed by atoms with E-state index < -0.39 is 8.32 Å². The van der Waals surface area contributed by atoms with Crippen molar-refractivity contribution in [3.63, 3.8) is 0 Å². The summed E-state index contributed by atoms with van der Waals surface area (Å²) >= 11 is 0. The molecule has 1 atom stereocenters. The molecule has 1 heterocycles. The highest BCUT2D eigenvalue weighted by molar-refractivity contribution is 6.74. The lowest BCUT2D eigenvalue weighted by atomic mass is 9.94. The summed E-state index contributed by atoms with van der Waals surface area (Å²) in [5, 5.41) is 0.224. The Kier molecular flexibility index (Phi) is 7.28. The van der Waals surface area contributed by atoms with Crippen molar-refractivity contribution in [2.24, 2.45) is 5.92 Å². The van der Waals surface area contributed by atoms with Crippen LogP contribution >= 0.6 is 0 Å². The first-order chi connectivity index (χ1) is 12.5. The second-order valence-corrected chi connectivity index (χ2v) is 14.1. The van der Waals surface area contributed by atoms with Gasteiger partial charge in [0.1, 0.15) is 0 Å². The zero-order valence-electron chi connectivity index (χ0n) is 18.2. The highest BCUT2D eigenvalue weighted by Crippen LogP contribution is 2.37. The number of carbonyl (C=O) groups excluding carboxylic acids is 1.